The molecule has 0 radical (unpaired) electrons. The Morgan fingerprint density at radius 2 is 2.00 bits per heavy atom. The minimum Gasteiger partial charge on any atom is -0.481 e. The molecule has 0 saturated carbocycles. The van der Waals surface area contributed by atoms with Gasteiger partial charge in [0, 0.05) is 25.8 Å². The maximum Gasteiger partial charge on any atom is 0.409 e. The number of rotatable bonds is 7. The Labute approximate surface area is 206 Å². The molecule has 2 fully saturated rings. The Bertz CT molecular complexity index is 1160. The summed E-state index contributed by atoms with van der Waals surface area (Å²) in [5, 5.41) is 18.6. The fraction of sp³-hybridized carbons (Fsp3) is 0.444. The van der Waals surface area contributed by atoms with Crippen molar-refractivity contribution in [3.63, 3.8) is 0 Å². The topological polar surface area (TPSA) is 97.1 Å². The number of fused-ring (bicyclic) bond motifs is 2. The van der Waals surface area contributed by atoms with Crippen LogP contribution in [0.25, 0.3) is 0 Å². The predicted octanol–water partition coefficient (Wildman–Crippen LogP) is 4.71. The van der Waals surface area contributed by atoms with Crippen molar-refractivity contribution in [2.24, 2.45) is 0 Å². The minimum absolute atomic E-state index is 0.0768. The third-order valence-electron chi connectivity index (χ3n) is 7.50. The standard InChI is InChI=1S/C27H32N4O4/c1-5-19(13-25(32)33)20-8-11-23(24(12-20)29(3)21-9-6-18(15-28)7-10-21)31-16-22-14-27(31,2)17-30(22)26(34)35-4/h6-12,19,22H,5,13-14,16-17H2,1-4H3,(H,32,33). The average Bonchev–Trinajstić information content (AvgIpc) is 3.39. The lowest BCUT2D eigenvalue weighted by Gasteiger charge is -2.43. The number of ether oxygens (including phenoxy) is 1. The molecular weight excluding hydrogens is 444 g/mol. The number of benzene rings is 2. The molecule has 2 aromatic carbocycles. The number of nitrogens with zero attached hydrogens (tertiary/aromatic N) is 4. The van der Waals surface area contributed by atoms with Gasteiger partial charge in [0.15, 0.2) is 0 Å². The molecule has 0 aromatic heterocycles. The second-order valence-electron chi connectivity index (χ2n) is 9.73. The Kier molecular flexibility index (Phi) is 6.62. The lowest BCUT2D eigenvalue weighted by atomic mass is 9.91. The number of carboxylic acid groups (broad SMARTS) is 1. The summed E-state index contributed by atoms with van der Waals surface area (Å²) in [6.07, 6.45) is 1.38. The van der Waals surface area contributed by atoms with Crippen LogP contribution in [0.1, 0.15) is 50.2 Å². The van der Waals surface area contributed by atoms with E-state index in [4.69, 9.17) is 4.74 Å². The van der Waals surface area contributed by atoms with E-state index in [9.17, 15) is 20.0 Å². The molecule has 35 heavy (non-hydrogen) atoms. The van der Waals surface area contributed by atoms with E-state index in [-0.39, 0.29) is 30.0 Å². The van der Waals surface area contributed by atoms with Crippen molar-refractivity contribution < 1.29 is 19.4 Å². The van der Waals surface area contributed by atoms with Gasteiger partial charge in [0.2, 0.25) is 0 Å². The summed E-state index contributed by atoms with van der Waals surface area (Å²) in [5.74, 6) is -0.898. The molecule has 0 spiro atoms. The number of amides is 1. The van der Waals surface area contributed by atoms with E-state index in [1.165, 1.54) is 7.11 Å². The molecule has 4 rings (SSSR count). The van der Waals surface area contributed by atoms with Crippen LogP contribution in [0, 0.1) is 11.3 Å². The van der Waals surface area contributed by atoms with Gasteiger partial charge in [-0.25, -0.2) is 4.79 Å². The number of aliphatic carboxylic acids is 1. The van der Waals surface area contributed by atoms with Crippen molar-refractivity contribution in [2.75, 3.05) is 37.0 Å². The zero-order chi connectivity index (χ0) is 25.3. The van der Waals surface area contributed by atoms with E-state index in [2.05, 4.69) is 34.9 Å². The first-order valence-electron chi connectivity index (χ1n) is 11.9. The molecule has 2 heterocycles. The van der Waals surface area contributed by atoms with E-state index >= 15 is 0 Å². The first kappa shape index (κ1) is 24.4. The summed E-state index contributed by atoms with van der Waals surface area (Å²) in [6, 6.07) is 15.9. The van der Waals surface area contributed by atoms with Crippen molar-refractivity contribution in [1.82, 2.24) is 4.90 Å². The lowest BCUT2D eigenvalue weighted by Crippen LogP contribution is -2.54. The first-order valence-corrected chi connectivity index (χ1v) is 11.9. The summed E-state index contributed by atoms with van der Waals surface area (Å²) < 4.78 is 4.99. The summed E-state index contributed by atoms with van der Waals surface area (Å²) >= 11 is 0. The van der Waals surface area contributed by atoms with Gasteiger partial charge in [-0.2, -0.15) is 5.26 Å². The zero-order valence-electron chi connectivity index (χ0n) is 20.7. The SMILES string of the molecule is CCC(CC(=O)O)c1ccc(N2CC3CC2(C)CN3C(=O)OC)c(N(C)c2ccc(C#N)cc2)c1. The summed E-state index contributed by atoms with van der Waals surface area (Å²) in [7, 11) is 3.40. The number of carboxylic acids is 1. The molecule has 184 valence electrons. The molecule has 8 heteroatoms. The fourth-order valence-corrected chi connectivity index (χ4v) is 5.59. The highest BCUT2D eigenvalue weighted by molar-refractivity contribution is 5.80. The van der Waals surface area contributed by atoms with E-state index in [0.717, 1.165) is 35.5 Å². The molecular formula is C27H32N4O4. The molecule has 2 aliphatic heterocycles. The van der Waals surface area contributed by atoms with Gasteiger partial charge < -0.3 is 24.5 Å². The number of hydrogen-bond donors (Lipinski definition) is 1. The van der Waals surface area contributed by atoms with Gasteiger partial charge in [0.25, 0.3) is 0 Å². The quantitative estimate of drug-likeness (QED) is 0.618. The van der Waals surface area contributed by atoms with Crippen molar-refractivity contribution in [2.45, 2.75) is 50.6 Å². The number of methoxy groups -OCH3 is 1. The summed E-state index contributed by atoms with van der Waals surface area (Å²) in [6.45, 7) is 5.47. The largest absolute Gasteiger partial charge is 0.481 e. The van der Waals surface area contributed by atoms with Gasteiger partial charge in [0.1, 0.15) is 0 Å². The van der Waals surface area contributed by atoms with Crippen LogP contribution in [0.4, 0.5) is 21.9 Å². The first-order chi connectivity index (χ1) is 16.7. The Morgan fingerprint density at radius 3 is 2.54 bits per heavy atom. The van der Waals surface area contributed by atoms with Gasteiger partial charge in [-0.15, -0.1) is 0 Å². The maximum atomic E-state index is 12.2. The molecule has 3 atom stereocenters. The van der Waals surface area contributed by atoms with Crippen LogP contribution in [-0.4, -0.2) is 60.9 Å². The van der Waals surface area contributed by atoms with Gasteiger partial charge in [0.05, 0.1) is 48.1 Å². The van der Waals surface area contributed by atoms with E-state index in [1.807, 2.05) is 37.1 Å². The van der Waals surface area contributed by atoms with Gasteiger partial charge in [-0.1, -0.05) is 13.0 Å². The molecule has 2 bridgehead atoms. The Hall–Kier alpha value is -3.73. The summed E-state index contributed by atoms with van der Waals surface area (Å²) in [4.78, 5) is 30.0. The van der Waals surface area contributed by atoms with Crippen LogP contribution in [0.5, 0.6) is 0 Å². The van der Waals surface area contributed by atoms with Gasteiger partial charge >= 0.3 is 12.1 Å². The monoisotopic (exact) mass is 476 g/mol. The maximum absolute atomic E-state index is 12.2. The van der Waals surface area contributed by atoms with Crippen molar-refractivity contribution >= 4 is 29.1 Å². The van der Waals surface area contributed by atoms with Crippen LogP contribution in [-0.2, 0) is 9.53 Å². The lowest BCUT2D eigenvalue weighted by molar-refractivity contribution is -0.137. The number of hydrogen-bond acceptors (Lipinski definition) is 6. The van der Waals surface area contributed by atoms with Crippen LogP contribution in [0.3, 0.4) is 0 Å². The Morgan fingerprint density at radius 1 is 1.29 bits per heavy atom. The number of anilines is 3. The Balaban J connectivity index is 1.75. The predicted molar refractivity (Wildman–Crippen MR) is 134 cm³/mol. The van der Waals surface area contributed by atoms with Crippen LogP contribution in [0.2, 0.25) is 0 Å². The molecule has 1 N–H and O–H groups in total. The molecule has 2 aliphatic rings. The number of carbonyl (C=O) groups is 2. The highest BCUT2D eigenvalue weighted by atomic mass is 16.5. The molecule has 3 unspecified atom stereocenters. The molecule has 1 amide bonds. The van der Waals surface area contributed by atoms with Gasteiger partial charge in [-0.3, -0.25) is 4.79 Å². The van der Waals surface area contributed by atoms with Crippen LogP contribution >= 0.6 is 0 Å². The molecule has 8 nitrogen and oxygen atoms in total. The fourth-order valence-electron chi connectivity index (χ4n) is 5.59. The highest BCUT2D eigenvalue weighted by Gasteiger charge is 2.54. The minimum atomic E-state index is -0.810. The van der Waals surface area contributed by atoms with Crippen LogP contribution in [0.15, 0.2) is 42.5 Å². The third kappa shape index (κ3) is 4.51. The smallest absolute Gasteiger partial charge is 0.409 e. The normalized spacial score (nSPS) is 21.5. The van der Waals surface area contributed by atoms with Crippen molar-refractivity contribution in [1.29, 1.82) is 5.26 Å². The number of nitriles is 1. The summed E-state index contributed by atoms with van der Waals surface area (Å²) in [5.41, 5.74) is 4.29. The average molecular weight is 477 g/mol. The number of piperazine rings is 1. The number of likely N-dealkylation sites (tertiary alicyclic amines) is 1. The van der Waals surface area contributed by atoms with E-state index < -0.39 is 5.97 Å². The zero-order valence-corrected chi connectivity index (χ0v) is 20.7. The van der Waals surface area contributed by atoms with Gasteiger partial charge in [-0.05, 0) is 67.6 Å². The number of carbonyl (C=O) groups excluding carboxylic acids is 1. The highest BCUT2D eigenvalue weighted by Crippen LogP contribution is 2.47. The molecule has 2 saturated heterocycles. The molecule has 2 aromatic rings. The van der Waals surface area contributed by atoms with E-state index in [1.54, 1.807) is 12.1 Å². The van der Waals surface area contributed by atoms with Crippen LogP contribution < -0.4 is 9.80 Å². The van der Waals surface area contributed by atoms with E-state index in [0.29, 0.717) is 18.7 Å². The molecule has 0 aliphatic carbocycles. The third-order valence-corrected chi connectivity index (χ3v) is 7.50. The van der Waals surface area contributed by atoms with Crippen molar-refractivity contribution in [3.8, 4) is 6.07 Å². The van der Waals surface area contributed by atoms with Crippen molar-refractivity contribution in [3.05, 3.63) is 53.6 Å². The second-order valence-corrected chi connectivity index (χ2v) is 9.73. The second kappa shape index (κ2) is 9.49.